The van der Waals surface area contributed by atoms with Gasteiger partial charge in [-0.2, -0.15) is 0 Å². The van der Waals surface area contributed by atoms with Crippen molar-refractivity contribution in [3.8, 4) is 5.75 Å². The van der Waals surface area contributed by atoms with Gasteiger partial charge in [0.25, 0.3) is 0 Å². The first kappa shape index (κ1) is 23.0. The Balaban J connectivity index is 1.85. The third-order valence-corrected chi connectivity index (χ3v) is 7.72. The van der Waals surface area contributed by atoms with Gasteiger partial charge in [-0.15, -0.1) is 0 Å². The van der Waals surface area contributed by atoms with E-state index in [1.807, 2.05) is 43.3 Å². The number of hydrogen-bond donors (Lipinski definition) is 1. The highest BCUT2D eigenvalue weighted by molar-refractivity contribution is 7.88. The Kier molecular flexibility index (Phi) is 7.09. The van der Waals surface area contributed by atoms with Crippen LogP contribution in [0.25, 0.3) is 0 Å². The largest absolute Gasteiger partial charge is 0.497 e. The number of nitrogens with zero attached hydrogens (tertiary/aromatic N) is 2. The molecule has 2 unspecified atom stereocenters. The van der Waals surface area contributed by atoms with Gasteiger partial charge in [0.1, 0.15) is 5.75 Å². The predicted octanol–water partition coefficient (Wildman–Crippen LogP) is 2.95. The molecule has 1 aliphatic heterocycles. The van der Waals surface area contributed by atoms with Crippen molar-refractivity contribution < 1.29 is 18.3 Å². The molecule has 0 aliphatic carbocycles. The maximum Gasteiger partial charge on any atom is 0.218 e. The lowest BCUT2D eigenvalue weighted by Gasteiger charge is -2.45. The van der Waals surface area contributed by atoms with Crippen LogP contribution in [0.3, 0.4) is 0 Å². The summed E-state index contributed by atoms with van der Waals surface area (Å²) < 4.78 is 33.0. The summed E-state index contributed by atoms with van der Waals surface area (Å²) in [4.78, 5) is 1.98. The van der Waals surface area contributed by atoms with Crippen LogP contribution < -0.4 is 4.74 Å². The van der Waals surface area contributed by atoms with E-state index in [1.54, 1.807) is 31.4 Å². The van der Waals surface area contributed by atoms with Gasteiger partial charge >= 0.3 is 0 Å². The average Bonchev–Trinajstić information content (AvgIpc) is 2.71. The van der Waals surface area contributed by atoms with Gasteiger partial charge < -0.3 is 14.7 Å². The van der Waals surface area contributed by atoms with E-state index in [0.29, 0.717) is 29.3 Å². The first-order chi connectivity index (χ1) is 14.1. The lowest BCUT2D eigenvalue weighted by Crippen LogP contribution is -2.54. The van der Waals surface area contributed by atoms with Gasteiger partial charge in [0.2, 0.25) is 10.0 Å². The molecule has 0 bridgehead atoms. The highest BCUT2D eigenvalue weighted by atomic mass is 35.5. The van der Waals surface area contributed by atoms with Crippen LogP contribution in [0.15, 0.2) is 48.5 Å². The van der Waals surface area contributed by atoms with Crippen molar-refractivity contribution in [2.24, 2.45) is 5.92 Å². The van der Waals surface area contributed by atoms with Gasteiger partial charge in [-0.05, 0) is 55.9 Å². The monoisotopic (exact) mass is 452 g/mol. The molecule has 0 radical (unpaired) electrons. The van der Waals surface area contributed by atoms with E-state index in [2.05, 4.69) is 0 Å². The molecule has 1 heterocycles. The van der Waals surface area contributed by atoms with Crippen molar-refractivity contribution in [2.75, 3.05) is 40.8 Å². The maximum absolute atomic E-state index is 13.1. The maximum atomic E-state index is 13.1. The molecule has 2 atom stereocenters. The highest BCUT2D eigenvalue weighted by Crippen LogP contribution is 2.40. The summed E-state index contributed by atoms with van der Waals surface area (Å²) in [6.45, 7) is 1.07. The fraction of sp³-hybridized carbons (Fsp3) is 0.455. The molecule has 0 amide bonds. The van der Waals surface area contributed by atoms with Crippen molar-refractivity contribution in [1.29, 1.82) is 0 Å². The van der Waals surface area contributed by atoms with Gasteiger partial charge in [-0.25, -0.2) is 12.7 Å². The number of sulfonamides is 1. The van der Waals surface area contributed by atoms with E-state index in [0.717, 1.165) is 5.56 Å². The number of methoxy groups -OCH3 is 1. The van der Waals surface area contributed by atoms with Gasteiger partial charge in [0.05, 0.1) is 18.5 Å². The topological polar surface area (TPSA) is 70.1 Å². The molecular formula is C22H29ClN2O4S. The minimum Gasteiger partial charge on any atom is -0.497 e. The third kappa shape index (κ3) is 5.15. The van der Waals surface area contributed by atoms with Crippen molar-refractivity contribution >= 4 is 21.6 Å². The smallest absolute Gasteiger partial charge is 0.218 e. The van der Waals surface area contributed by atoms with E-state index in [4.69, 9.17) is 16.3 Å². The first-order valence-electron chi connectivity index (χ1n) is 9.88. The summed E-state index contributed by atoms with van der Waals surface area (Å²) in [5.74, 6) is 0.298. The van der Waals surface area contributed by atoms with Gasteiger partial charge in [-0.3, -0.25) is 0 Å². The zero-order chi connectivity index (χ0) is 21.9. The molecule has 1 saturated heterocycles. The van der Waals surface area contributed by atoms with Gasteiger partial charge in [0, 0.05) is 30.6 Å². The van der Waals surface area contributed by atoms with Crippen LogP contribution in [-0.2, 0) is 21.4 Å². The number of ether oxygens (including phenoxy) is 1. The molecule has 0 aromatic heterocycles. The van der Waals surface area contributed by atoms with Crippen LogP contribution in [0.4, 0.5) is 0 Å². The molecule has 3 rings (SSSR count). The highest BCUT2D eigenvalue weighted by Gasteiger charge is 2.45. The fourth-order valence-electron chi connectivity index (χ4n) is 4.04. The van der Waals surface area contributed by atoms with E-state index in [1.165, 1.54) is 4.31 Å². The number of halogens is 1. The number of aliphatic hydroxyl groups is 1. The van der Waals surface area contributed by atoms with Crippen molar-refractivity contribution in [3.63, 3.8) is 0 Å². The van der Waals surface area contributed by atoms with Crippen molar-refractivity contribution in [3.05, 3.63) is 64.7 Å². The van der Waals surface area contributed by atoms with Crippen LogP contribution in [-0.4, -0.2) is 63.6 Å². The van der Waals surface area contributed by atoms with Crippen LogP contribution in [0.2, 0.25) is 5.02 Å². The third-order valence-electron chi connectivity index (χ3n) is 5.65. The van der Waals surface area contributed by atoms with Gasteiger partial charge in [-0.1, -0.05) is 35.9 Å². The Morgan fingerprint density at radius 1 is 1.23 bits per heavy atom. The fourth-order valence-corrected chi connectivity index (χ4v) is 5.74. The summed E-state index contributed by atoms with van der Waals surface area (Å²) in [5.41, 5.74) is 0.311. The van der Waals surface area contributed by atoms with E-state index in [9.17, 15) is 13.5 Å². The summed E-state index contributed by atoms with van der Waals surface area (Å²) in [7, 11) is 1.91. The van der Waals surface area contributed by atoms with Crippen LogP contribution in [0.1, 0.15) is 17.5 Å². The summed E-state index contributed by atoms with van der Waals surface area (Å²) >= 11 is 5.91. The Morgan fingerprint density at radius 2 is 1.93 bits per heavy atom. The normalized spacial score (nSPS) is 22.9. The van der Waals surface area contributed by atoms with Crippen molar-refractivity contribution in [2.45, 2.75) is 17.8 Å². The lowest BCUT2D eigenvalue weighted by molar-refractivity contribution is -0.0698. The van der Waals surface area contributed by atoms with Crippen LogP contribution in [0.5, 0.6) is 5.75 Å². The molecular weight excluding hydrogens is 424 g/mol. The lowest BCUT2D eigenvalue weighted by atomic mass is 9.76. The predicted molar refractivity (Wildman–Crippen MR) is 119 cm³/mol. The van der Waals surface area contributed by atoms with E-state index >= 15 is 0 Å². The Morgan fingerprint density at radius 3 is 2.57 bits per heavy atom. The second kappa shape index (κ2) is 9.24. The molecule has 0 saturated carbocycles. The zero-order valence-corrected chi connectivity index (χ0v) is 19.2. The Hall–Kier alpha value is -1.64. The molecule has 30 heavy (non-hydrogen) atoms. The molecule has 8 heteroatoms. The quantitative estimate of drug-likeness (QED) is 0.699. The standard InChI is InChI=1S/C22H29ClN2O4S/c1-24(2)14-19-15-25(30(27,28)16-17-7-9-20(23)10-8-17)12-11-22(19,26)18-5-4-6-21(13-18)29-3/h4-10,13,19,26H,11-12,14-16H2,1-3H3. The summed E-state index contributed by atoms with van der Waals surface area (Å²) in [5, 5.41) is 12.2. The molecule has 2 aromatic carbocycles. The summed E-state index contributed by atoms with van der Waals surface area (Å²) in [6.07, 6.45) is 0.318. The SMILES string of the molecule is COc1cccc(C2(O)CCN(S(=O)(=O)Cc3ccc(Cl)cc3)CC2CN(C)C)c1. The van der Waals surface area contributed by atoms with Crippen LogP contribution in [0, 0.1) is 5.92 Å². The van der Waals surface area contributed by atoms with Crippen LogP contribution >= 0.6 is 11.6 Å². The number of benzene rings is 2. The Labute approximate surface area is 184 Å². The molecule has 164 valence electrons. The van der Waals surface area contributed by atoms with Gasteiger partial charge in [0.15, 0.2) is 0 Å². The minimum absolute atomic E-state index is 0.0869. The molecule has 1 aliphatic rings. The minimum atomic E-state index is -3.53. The molecule has 0 spiro atoms. The molecule has 2 aromatic rings. The molecule has 1 fully saturated rings. The number of piperidine rings is 1. The number of hydrogen-bond acceptors (Lipinski definition) is 5. The molecule has 1 N–H and O–H groups in total. The van der Waals surface area contributed by atoms with E-state index in [-0.39, 0.29) is 24.8 Å². The summed E-state index contributed by atoms with van der Waals surface area (Å²) in [6, 6.07) is 14.2. The van der Waals surface area contributed by atoms with E-state index < -0.39 is 15.6 Å². The molecule has 6 nitrogen and oxygen atoms in total. The number of rotatable bonds is 7. The Bertz CT molecular complexity index is 965. The first-order valence-corrected chi connectivity index (χ1v) is 11.9. The second-order valence-corrected chi connectivity index (χ2v) is 10.5. The van der Waals surface area contributed by atoms with Crippen molar-refractivity contribution in [1.82, 2.24) is 9.21 Å². The zero-order valence-electron chi connectivity index (χ0n) is 17.6. The second-order valence-electron chi connectivity index (χ2n) is 8.11. The average molecular weight is 453 g/mol.